The van der Waals surface area contributed by atoms with Crippen molar-refractivity contribution in [1.29, 1.82) is 0 Å². The lowest BCUT2D eigenvalue weighted by Crippen LogP contribution is -2.28. The van der Waals surface area contributed by atoms with Crippen molar-refractivity contribution in [2.75, 3.05) is 13.1 Å². The highest BCUT2D eigenvalue weighted by atomic mass is 32.2. The number of likely N-dealkylation sites (N-methyl/N-ethyl adjacent to an activating group) is 1. The monoisotopic (exact) mass is 339 g/mol. The van der Waals surface area contributed by atoms with E-state index in [-0.39, 0.29) is 5.91 Å². The zero-order valence-electron chi connectivity index (χ0n) is 14.2. The molecular formula is C19H21N3OS. The second-order valence-electron chi connectivity index (χ2n) is 5.49. The number of rotatable bonds is 4. The predicted octanol–water partition coefficient (Wildman–Crippen LogP) is 4.10. The van der Waals surface area contributed by atoms with Crippen LogP contribution in [0.5, 0.6) is 0 Å². The van der Waals surface area contributed by atoms with E-state index >= 15 is 0 Å². The van der Waals surface area contributed by atoms with E-state index < -0.39 is 0 Å². The Hall–Kier alpha value is -2.27. The molecule has 4 nitrogen and oxygen atoms in total. The summed E-state index contributed by atoms with van der Waals surface area (Å²) in [5.74, 6) is 0.0353. The molecule has 1 aromatic heterocycles. The van der Waals surface area contributed by atoms with Crippen LogP contribution >= 0.6 is 11.8 Å². The van der Waals surface area contributed by atoms with Crippen molar-refractivity contribution in [2.45, 2.75) is 20.8 Å². The number of amides is 1. The number of hydrogen-bond donors (Lipinski definition) is 0. The van der Waals surface area contributed by atoms with Gasteiger partial charge < -0.3 is 4.57 Å². The Bertz CT molecular complexity index is 805. The molecule has 0 saturated carbocycles. The highest BCUT2D eigenvalue weighted by Gasteiger charge is 2.32. The van der Waals surface area contributed by atoms with Crippen molar-refractivity contribution < 1.29 is 4.79 Å². The lowest BCUT2D eigenvalue weighted by molar-refractivity contribution is -0.122. The van der Waals surface area contributed by atoms with Gasteiger partial charge in [0.1, 0.15) is 0 Å². The van der Waals surface area contributed by atoms with E-state index in [9.17, 15) is 4.79 Å². The van der Waals surface area contributed by atoms with Gasteiger partial charge in [-0.1, -0.05) is 18.2 Å². The maximum atomic E-state index is 12.6. The van der Waals surface area contributed by atoms with E-state index in [1.54, 1.807) is 4.90 Å². The fourth-order valence-electron chi connectivity index (χ4n) is 2.78. The van der Waals surface area contributed by atoms with Crippen LogP contribution in [-0.4, -0.2) is 33.6 Å². The molecule has 0 unspecified atom stereocenters. The smallest absolute Gasteiger partial charge is 0.266 e. The number of benzene rings is 1. The number of para-hydroxylation sites is 1. The van der Waals surface area contributed by atoms with E-state index in [0.717, 1.165) is 27.1 Å². The molecule has 1 aliphatic heterocycles. The number of aryl methyl sites for hydroxylation is 1. The van der Waals surface area contributed by atoms with E-state index in [1.165, 1.54) is 11.8 Å². The van der Waals surface area contributed by atoms with Crippen LogP contribution in [0.25, 0.3) is 11.8 Å². The minimum Gasteiger partial charge on any atom is -0.314 e. The van der Waals surface area contributed by atoms with E-state index in [1.807, 2.05) is 38.1 Å². The quantitative estimate of drug-likeness (QED) is 0.787. The van der Waals surface area contributed by atoms with Crippen LogP contribution in [0.4, 0.5) is 0 Å². The number of amidine groups is 1. The molecule has 1 saturated heterocycles. The number of hydrogen-bond acceptors (Lipinski definition) is 3. The topological polar surface area (TPSA) is 37.6 Å². The first-order valence-corrected chi connectivity index (χ1v) is 8.97. The number of aliphatic imine (C=N–C) groups is 1. The Balaban J connectivity index is 2.02. The minimum absolute atomic E-state index is 0.0353. The van der Waals surface area contributed by atoms with Gasteiger partial charge in [0.15, 0.2) is 5.17 Å². The number of carbonyl (C=O) groups excluding carboxylic acids is 1. The lowest BCUT2D eigenvalue weighted by atomic mass is 10.3. The molecular weight excluding hydrogens is 318 g/mol. The van der Waals surface area contributed by atoms with Gasteiger partial charge in [-0.2, -0.15) is 0 Å². The standard InChI is InChI=1S/C19H21N3OS/c1-4-20-19-21(5-2)18(23)17(24-19)13-16-12-11-14(3)22(16)15-9-7-6-8-10-15/h6-13H,4-5H2,1-3H3/b17-13-,20-19?. The number of thioether (sulfide) groups is 1. The Kier molecular flexibility index (Phi) is 4.90. The SMILES string of the molecule is CCN=C1S/C(=C\c2ccc(C)n2-c2ccccc2)C(=O)N1CC. The first-order chi connectivity index (χ1) is 11.7. The first-order valence-electron chi connectivity index (χ1n) is 8.15. The summed E-state index contributed by atoms with van der Waals surface area (Å²) in [7, 11) is 0. The molecule has 1 aliphatic rings. The second-order valence-corrected chi connectivity index (χ2v) is 6.50. The molecule has 0 N–H and O–H groups in total. The van der Waals surface area contributed by atoms with Crippen LogP contribution in [0, 0.1) is 6.92 Å². The maximum absolute atomic E-state index is 12.6. The molecule has 24 heavy (non-hydrogen) atoms. The molecule has 1 amide bonds. The summed E-state index contributed by atoms with van der Waals surface area (Å²) < 4.78 is 2.16. The van der Waals surface area contributed by atoms with Crippen LogP contribution in [0.1, 0.15) is 25.2 Å². The third-order valence-corrected chi connectivity index (χ3v) is 4.94. The molecule has 1 aromatic carbocycles. The van der Waals surface area contributed by atoms with E-state index in [2.05, 4.69) is 40.7 Å². The minimum atomic E-state index is 0.0353. The molecule has 0 spiro atoms. The van der Waals surface area contributed by atoms with Gasteiger partial charge in [0.2, 0.25) is 0 Å². The molecule has 2 heterocycles. The number of nitrogens with zero attached hydrogens (tertiary/aromatic N) is 3. The summed E-state index contributed by atoms with van der Waals surface area (Å²) in [6, 6.07) is 14.3. The van der Waals surface area contributed by atoms with E-state index in [0.29, 0.717) is 13.1 Å². The van der Waals surface area contributed by atoms with Gasteiger partial charge in [-0.25, -0.2) is 0 Å². The Morgan fingerprint density at radius 1 is 1.12 bits per heavy atom. The maximum Gasteiger partial charge on any atom is 0.266 e. The van der Waals surface area contributed by atoms with Crippen molar-refractivity contribution in [3.05, 3.63) is 58.8 Å². The molecule has 124 valence electrons. The molecule has 0 aliphatic carbocycles. The summed E-state index contributed by atoms with van der Waals surface area (Å²) in [6.07, 6.45) is 1.97. The summed E-state index contributed by atoms with van der Waals surface area (Å²) in [6.45, 7) is 7.35. The molecule has 5 heteroatoms. The van der Waals surface area contributed by atoms with E-state index in [4.69, 9.17) is 0 Å². The van der Waals surface area contributed by atoms with Gasteiger partial charge in [0, 0.05) is 30.2 Å². The number of carbonyl (C=O) groups is 1. The predicted molar refractivity (Wildman–Crippen MR) is 101 cm³/mol. The highest BCUT2D eigenvalue weighted by Crippen LogP contribution is 2.33. The molecule has 0 radical (unpaired) electrons. The van der Waals surface area contributed by atoms with Crippen LogP contribution in [0.2, 0.25) is 0 Å². The third kappa shape index (κ3) is 3.04. The van der Waals surface area contributed by atoms with Crippen LogP contribution in [0.3, 0.4) is 0 Å². The summed E-state index contributed by atoms with van der Waals surface area (Å²) in [4.78, 5) is 19.5. The normalized spacial score (nSPS) is 18.1. The van der Waals surface area contributed by atoms with Gasteiger partial charge in [-0.15, -0.1) is 0 Å². The average molecular weight is 339 g/mol. The zero-order valence-corrected chi connectivity index (χ0v) is 15.0. The van der Waals surface area contributed by atoms with Crippen LogP contribution < -0.4 is 0 Å². The summed E-state index contributed by atoms with van der Waals surface area (Å²) >= 11 is 1.46. The van der Waals surface area contributed by atoms with Crippen molar-refractivity contribution in [2.24, 2.45) is 4.99 Å². The average Bonchev–Trinajstić information content (AvgIpc) is 3.09. The van der Waals surface area contributed by atoms with Crippen molar-refractivity contribution in [1.82, 2.24) is 9.47 Å². The second kappa shape index (κ2) is 7.09. The third-order valence-electron chi connectivity index (χ3n) is 3.90. The van der Waals surface area contributed by atoms with Crippen molar-refractivity contribution in [3.63, 3.8) is 0 Å². The largest absolute Gasteiger partial charge is 0.314 e. The Labute approximate surface area is 146 Å². The lowest BCUT2D eigenvalue weighted by Gasteiger charge is -2.11. The molecule has 3 rings (SSSR count). The zero-order chi connectivity index (χ0) is 17.1. The molecule has 2 aromatic rings. The molecule has 1 fully saturated rings. The van der Waals surface area contributed by atoms with Gasteiger partial charge in [-0.3, -0.25) is 14.7 Å². The van der Waals surface area contributed by atoms with Gasteiger partial charge in [0.25, 0.3) is 5.91 Å². The summed E-state index contributed by atoms with van der Waals surface area (Å²) in [5, 5.41) is 0.797. The van der Waals surface area contributed by atoms with Crippen molar-refractivity contribution in [3.8, 4) is 5.69 Å². The van der Waals surface area contributed by atoms with Crippen LogP contribution in [0.15, 0.2) is 52.4 Å². The van der Waals surface area contributed by atoms with Crippen molar-refractivity contribution >= 4 is 28.9 Å². The van der Waals surface area contributed by atoms with Gasteiger partial charge >= 0.3 is 0 Å². The Morgan fingerprint density at radius 2 is 1.88 bits per heavy atom. The van der Waals surface area contributed by atoms with Gasteiger partial charge in [-0.05, 0) is 62.9 Å². The Morgan fingerprint density at radius 3 is 2.54 bits per heavy atom. The fraction of sp³-hybridized carbons (Fsp3) is 0.263. The molecule has 0 bridgehead atoms. The fourth-order valence-corrected chi connectivity index (χ4v) is 3.87. The number of aromatic nitrogens is 1. The molecule has 0 atom stereocenters. The summed E-state index contributed by atoms with van der Waals surface area (Å²) in [5.41, 5.74) is 3.23. The van der Waals surface area contributed by atoms with Crippen LogP contribution in [-0.2, 0) is 4.79 Å². The van der Waals surface area contributed by atoms with Gasteiger partial charge in [0.05, 0.1) is 4.91 Å². The highest BCUT2D eigenvalue weighted by molar-refractivity contribution is 8.18. The first kappa shape index (κ1) is 16.6.